The summed E-state index contributed by atoms with van der Waals surface area (Å²) in [5.41, 5.74) is 0.599. The van der Waals surface area contributed by atoms with Gasteiger partial charge in [0.15, 0.2) is 17.3 Å². The second kappa shape index (κ2) is 5.34. The van der Waals surface area contributed by atoms with E-state index in [-0.39, 0.29) is 12.2 Å². The number of nitrogens with zero attached hydrogens (tertiary/aromatic N) is 4. The van der Waals surface area contributed by atoms with Gasteiger partial charge in [0.1, 0.15) is 6.42 Å². The molecule has 19 heavy (non-hydrogen) atoms. The summed E-state index contributed by atoms with van der Waals surface area (Å²) >= 11 is 0. The van der Waals surface area contributed by atoms with Crippen LogP contribution in [0.25, 0.3) is 5.69 Å². The molecular weight excluding hydrogens is 252 g/mol. The van der Waals surface area contributed by atoms with E-state index in [1.807, 2.05) is 0 Å². The van der Waals surface area contributed by atoms with Crippen molar-refractivity contribution >= 4 is 5.97 Å². The van der Waals surface area contributed by atoms with Gasteiger partial charge in [-0.2, -0.15) is 0 Å². The first-order valence-electron chi connectivity index (χ1n) is 5.37. The predicted octanol–water partition coefficient (Wildman–Crippen LogP) is 0.307. The van der Waals surface area contributed by atoms with E-state index in [9.17, 15) is 4.79 Å². The van der Waals surface area contributed by atoms with Crippen molar-refractivity contribution in [1.29, 1.82) is 0 Å². The molecule has 0 radical (unpaired) electrons. The highest BCUT2D eigenvalue weighted by molar-refractivity contribution is 5.68. The molecule has 0 aliphatic carbocycles. The highest BCUT2D eigenvalue weighted by Gasteiger charge is 2.11. The van der Waals surface area contributed by atoms with Crippen LogP contribution in [-0.2, 0) is 11.2 Å². The molecule has 100 valence electrons. The lowest BCUT2D eigenvalue weighted by Gasteiger charge is -2.08. The molecule has 0 bridgehead atoms. The van der Waals surface area contributed by atoms with Crippen molar-refractivity contribution in [2.24, 2.45) is 0 Å². The monoisotopic (exact) mass is 264 g/mol. The number of tetrazole rings is 1. The number of methoxy groups -OCH3 is 2. The summed E-state index contributed by atoms with van der Waals surface area (Å²) in [6, 6.07) is 5.09. The third-order valence-electron chi connectivity index (χ3n) is 2.36. The highest BCUT2D eigenvalue weighted by atomic mass is 16.5. The molecule has 0 saturated heterocycles. The molecule has 1 heterocycles. The van der Waals surface area contributed by atoms with Crippen LogP contribution in [-0.4, -0.2) is 45.5 Å². The van der Waals surface area contributed by atoms with Crippen LogP contribution in [0.4, 0.5) is 0 Å². The number of rotatable bonds is 5. The number of carboxylic acids is 1. The SMILES string of the molecule is COc1ccc(-n2nnc(CC(=O)O)n2)cc1OC. The lowest BCUT2D eigenvalue weighted by molar-refractivity contribution is -0.136. The maximum atomic E-state index is 10.5. The van der Waals surface area contributed by atoms with Crippen molar-refractivity contribution in [3.05, 3.63) is 24.0 Å². The summed E-state index contributed by atoms with van der Waals surface area (Å²) in [6.07, 6.45) is -0.271. The fourth-order valence-corrected chi connectivity index (χ4v) is 1.51. The molecule has 2 rings (SSSR count). The number of carbonyl (C=O) groups is 1. The van der Waals surface area contributed by atoms with Crippen molar-refractivity contribution < 1.29 is 19.4 Å². The second-order valence-electron chi connectivity index (χ2n) is 3.60. The third-order valence-corrected chi connectivity index (χ3v) is 2.36. The molecule has 2 aromatic rings. The Morgan fingerprint density at radius 2 is 2.05 bits per heavy atom. The van der Waals surface area contributed by atoms with Gasteiger partial charge in [0.2, 0.25) is 0 Å². The Balaban J connectivity index is 2.31. The first-order valence-corrected chi connectivity index (χ1v) is 5.37. The molecule has 0 unspecified atom stereocenters. The summed E-state index contributed by atoms with van der Waals surface area (Å²) in [6.45, 7) is 0. The average molecular weight is 264 g/mol. The van der Waals surface area contributed by atoms with E-state index in [2.05, 4.69) is 15.4 Å². The lowest BCUT2D eigenvalue weighted by Crippen LogP contribution is -2.04. The molecule has 8 nitrogen and oxygen atoms in total. The first kappa shape index (κ1) is 12.8. The van der Waals surface area contributed by atoms with Gasteiger partial charge in [-0.15, -0.1) is 15.0 Å². The van der Waals surface area contributed by atoms with Crippen LogP contribution < -0.4 is 9.47 Å². The zero-order valence-electron chi connectivity index (χ0n) is 10.4. The molecule has 0 fully saturated rings. The summed E-state index contributed by atoms with van der Waals surface area (Å²) in [5.74, 6) is 0.239. The number of benzene rings is 1. The minimum atomic E-state index is -1.01. The number of ether oxygens (including phenoxy) is 2. The molecule has 0 atom stereocenters. The normalized spacial score (nSPS) is 10.2. The Kier molecular flexibility index (Phi) is 3.60. The molecule has 1 aromatic carbocycles. The van der Waals surface area contributed by atoms with E-state index in [1.54, 1.807) is 18.2 Å². The van der Waals surface area contributed by atoms with Gasteiger partial charge < -0.3 is 14.6 Å². The summed E-state index contributed by atoms with van der Waals surface area (Å²) in [7, 11) is 3.06. The van der Waals surface area contributed by atoms with Gasteiger partial charge in [-0.3, -0.25) is 4.79 Å². The Hall–Kier alpha value is -2.64. The largest absolute Gasteiger partial charge is 0.493 e. The van der Waals surface area contributed by atoms with Crippen LogP contribution in [0.5, 0.6) is 11.5 Å². The molecule has 1 N–H and O–H groups in total. The molecule has 0 spiro atoms. The zero-order chi connectivity index (χ0) is 13.8. The Labute approximate surface area is 108 Å². The van der Waals surface area contributed by atoms with Gasteiger partial charge in [0, 0.05) is 6.07 Å². The van der Waals surface area contributed by atoms with Gasteiger partial charge in [-0.1, -0.05) is 0 Å². The number of carboxylic acid groups (broad SMARTS) is 1. The predicted molar refractivity (Wildman–Crippen MR) is 63.6 cm³/mol. The zero-order valence-corrected chi connectivity index (χ0v) is 10.4. The molecular formula is C11H12N4O4. The number of hydrogen-bond acceptors (Lipinski definition) is 6. The van der Waals surface area contributed by atoms with Gasteiger partial charge in [-0.25, -0.2) is 0 Å². The molecule has 0 saturated carbocycles. The van der Waals surface area contributed by atoms with Crippen molar-refractivity contribution in [3.8, 4) is 17.2 Å². The Morgan fingerprint density at radius 3 is 2.68 bits per heavy atom. The van der Waals surface area contributed by atoms with Crippen LogP contribution >= 0.6 is 0 Å². The van der Waals surface area contributed by atoms with Crippen LogP contribution in [0.1, 0.15) is 5.82 Å². The average Bonchev–Trinajstić information content (AvgIpc) is 2.85. The molecule has 1 aromatic heterocycles. The van der Waals surface area contributed by atoms with Crippen molar-refractivity contribution in [2.75, 3.05) is 14.2 Å². The number of aliphatic carboxylic acids is 1. The highest BCUT2D eigenvalue weighted by Crippen LogP contribution is 2.28. The fraction of sp³-hybridized carbons (Fsp3) is 0.273. The smallest absolute Gasteiger partial charge is 0.311 e. The summed E-state index contributed by atoms with van der Waals surface area (Å²) in [5, 5.41) is 20.1. The number of aromatic nitrogens is 4. The van der Waals surface area contributed by atoms with Gasteiger partial charge in [0.25, 0.3) is 0 Å². The van der Waals surface area contributed by atoms with Crippen LogP contribution in [0.3, 0.4) is 0 Å². The molecule has 0 amide bonds. The van der Waals surface area contributed by atoms with Crippen molar-refractivity contribution in [3.63, 3.8) is 0 Å². The second-order valence-corrected chi connectivity index (χ2v) is 3.60. The molecule has 0 aliphatic heterocycles. The molecule has 8 heteroatoms. The summed E-state index contributed by atoms with van der Waals surface area (Å²) < 4.78 is 10.3. The van der Waals surface area contributed by atoms with E-state index in [0.717, 1.165) is 0 Å². The van der Waals surface area contributed by atoms with Gasteiger partial charge >= 0.3 is 5.97 Å². The van der Waals surface area contributed by atoms with Gasteiger partial charge in [-0.05, 0) is 17.3 Å². The van der Waals surface area contributed by atoms with E-state index < -0.39 is 5.97 Å². The van der Waals surface area contributed by atoms with Crippen LogP contribution in [0.15, 0.2) is 18.2 Å². The standard InChI is InChI=1S/C11H12N4O4/c1-18-8-4-3-7(5-9(8)19-2)15-13-10(12-14-15)6-11(16)17/h3-5H,6H2,1-2H3,(H,16,17). The Bertz CT molecular complexity index is 596. The van der Waals surface area contributed by atoms with Crippen molar-refractivity contribution in [1.82, 2.24) is 20.2 Å². The minimum absolute atomic E-state index is 0.141. The van der Waals surface area contributed by atoms with E-state index in [4.69, 9.17) is 14.6 Å². The lowest BCUT2D eigenvalue weighted by atomic mass is 10.3. The first-order chi connectivity index (χ1) is 9.13. The minimum Gasteiger partial charge on any atom is -0.493 e. The topological polar surface area (TPSA) is 99.4 Å². The van der Waals surface area contributed by atoms with Gasteiger partial charge in [0.05, 0.1) is 19.9 Å². The van der Waals surface area contributed by atoms with Crippen LogP contribution in [0.2, 0.25) is 0 Å². The Morgan fingerprint density at radius 1 is 1.32 bits per heavy atom. The maximum absolute atomic E-state index is 10.5. The third kappa shape index (κ3) is 2.79. The van der Waals surface area contributed by atoms with E-state index in [0.29, 0.717) is 17.2 Å². The summed E-state index contributed by atoms with van der Waals surface area (Å²) in [4.78, 5) is 11.8. The van der Waals surface area contributed by atoms with Crippen LogP contribution in [0, 0.1) is 0 Å². The fourth-order valence-electron chi connectivity index (χ4n) is 1.51. The number of hydrogen-bond donors (Lipinski definition) is 1. The van der Waals surface area contributed by atoms with Crippen molar-refractivity contribution in [2.45, 2.75) is 6.42 Å². The maximum Gasteiger partial charge on any atom is 0.311 e. The quantitative estimate of drug-likeness (QED) is 0.829. The van der Waals surface area contributed by atoms with E-state index in [1.165, 1.54) is 19.0 Å². The molecule has 0 aliphatic rings. The van der Waals surface area contributed by atoms with E-state index >= 15 is 0 Å².